The third-order valence-corrected chi connectivity index (χ3v) is 3.76. The SMILES string of the molecule is CCN(CC)CCCNC(=NC)NC1CCCC1.I. The zero-order valence-corrected chi connectivity index (χ0v) is 15.1. The molecule has 0 amide bonds. The normalized spacial score (nSPS) is 16.5. The first-order chi connectivity index (χ1) is 8.80. The number of aliphatic imine (C=N–C) groups is 1. The van der Waals surface area contributed by atoms with E-state index in [-0.39, 0.29) is 24.0 Å². The van der Waals surface area contributed by atoms with Crippen LogP contribution in [0.25, 0.3) is 0 Å². The average Bonchev–Trinajstić information content (AvgIpc) is 2.90. The van der Waals surface area contributed by atoms with Crippen LogP contribution in [0.15, 0.2) is 4.99 Å². The van der Waals surface area contributed by atoms with E-state index in [9.17, 15) is 0 Å². The highest BCUT2D eigenvalue weighted by Crippen LogP contribution is 2.17. The molecule has 0 heterocycles. The number of halogens is 1. The van der Waals surface area contributed by atoms with Crippen molar-refractivity contribution in [2.24, 2.45) is 4.99 Å². The summed E-state index contributed by atoms with van der Waals surface area (Å²) < 4.78 is 0. The molecule has 0 bridgehead atoms. The first kappa shape index (κ1) is 19.0. The van der Waals surface area contributed by atoms with Gasteiger partial charge in [-0.2, -0.15) is 0 Å². The van der Waals surface area contributed by atoms with E-state index in [2.05, 4.69) is 34.4 Å². The van der Waals surface area contributed by atoms with E-state index in [1.54, 1.807) is 0 Å². The molecule has 0 saturated heterocycles. The number of rotatable bonds is 7. The van der Waals surface area contributed by atoms with Crippen LogP contribution in [-0.4, -0.2) is 50.1 Å². The van der Waals surface area contributed by atoms with Crippen molar-refractivity contribution < 1.29 is 0 Å². The van der Waals surface area contributed by atoms with Gasteiger partial charge >= 0.3 is 0 Å². The second kappa shape index (κ2) is 11.8. The molecule has 1 fully saturated rings. The van der Waals surface area contributed by atoms with Gasteiger partial charge in [-0.1, -0.05) is 26.7 Å². The number of guanidine groups is 1. The van der Waals surface area contributed by atoms with Crippen LogP contribution in [0.4, 0.5) is 0 Å². The van der Waals surface area contributed by atoms with Crippen molar-refractivity contribution >= 4 is 29.9 Å². The van der Waals surface area contributed by atoms with Gasteiger partial charge < -0.3 is 15.5 Å². The fraction of sp³-hybridized carbons (Fsp3) is 0.929. The fourth-order valence-corrected chi connectivity index (χ4v) is 2.51. The zero-order chi connectivity index (χ0) is 13.2. The molecule has 4 nitrogen and oxygen atoms in total. The summed E-state index contributed by atoms with van der Waals surface area (Å²) in [6, 6.07) is 0.638. The van der Waals surface area contributed by atoms with Crippen molar-refractivity contribution in [3.05, 3.63) is 0 Å². The van der Waals surface area contributed by atoms with Crippen LogP contribution in [0.5, 0.6) is 0 Å². The van der Waals surface area contributed by atoms with Crippen LogP contribution in [0, 0.1) is 0 Å². The first-order valence-electron chi connectivity index (χ1n) is 7.49. The fourth-order valence-electron chi connectivity index (χ4n) is 2.51. The van der Waals surface area contributed by atoms with Gasteiger partial charge in [0.15, 0.2) is 5.96 Å². The molecule has 0 aromatic carbocycles. The summed E-state index contributed by atoms with van der Waals surface area (Å²) in [5.74, 6) is 0.974. The third-order valence-electron chi connectivity index (χ3n) is 3.76. The lowest BCUT2D eigenvalue weighted by Gasteiger charge is -2.19. The molecule has 19 heavy (non-hydrogen) atoms. The Kier molecular flexibility index (Phi) is 11.7. The number of nitrogens with one attached hydrogen (secondary N) is 2. The standard InChI is InChI=1S/C14H30N4.HI/c1-4-18(5-2)12-8-11-16-14(15-3)17-13-9-6-7-10-13;/h13H,4-12H2,1-3H3,(H2,15,16,17);1H. The van der Waals surface area contributed by atoms with Crippen LogP contribution in [-0.2, 0) is 0 Å². The molecule has 2 N–H and O–H groups in total. The van der Waals surface area contributed by atoms with Gasteiger partial charge in [-0.3, -0.25) is 4.99 Å². The predicted octanol–water partition coefficient (Wildman–Crippen LogP) is 2.44. The van der Waals surface area contributed by atoms with Crippen LogP contribution in [0.2, 0.25) is 0 Å². The lowest BCUT2D eigenvalue weighted by Crippen LogP contribution is -2.43. The highest BCUT2D eigenvalue weighted by atomic mass is 127. The summed E-state index contributed by atoms with van der Waals surface area (Å²) in [6.07, 6.45) is 6.47. The number of hydrogen-bond acceptors (Lipinski definition) is 2. The van der Waals surface area contributed by atoms with E-state index < -0.39 is 0 Å². The average molecular weight is 382 g/mol. The Morgan fingerprint density at radius 2 is 1.84 bits per heavy atom. The predicted molar refractivity (Wildman–Crippen MR) is 94.6 cm³/mol. The Labute approximate surface area is 135 Å². The molecular weight excluding hydrogens is 351 g/mol. The highest BCUT2D eigenvalue weighted by molar-refractivity contribution is 14.0. The van der Waals surface area contributed by atoms with Crippen LogP contribution in [0.1, 0.15) is 46.0 Å². The van der Waals surface area contributed by atoms with Gasteiger partial charge in [0, 0.05) is 19.6 Å². The highest BCUT2D eigenvalue weighted by Gasteiger charge is 2.15. The maximum Gasteiger partial charge on any atom is 0.191 e. The molecule has 0 spiro atoms. The Balaban J connectivity index is 0.00000324. The third kappa shape index (κ3) is 7.97. The molecule has 1 rings (SSSR count). The van der Waals surface area contributed by atoms with E-state index in [0.29, 0.717) is 6.04 Å². The van der Waals surface area contributed by atoms with E-state index in [4.69, 9.17) is 0 Å². The molecule has 5 heteroatoms. The number of nitrogens with zero attached hydrogens (tertiary/aromatic N) is 2. The summed E-state index contributed by atoms with van der Waals surface area (Å²) >= 11 is 0. The van der Waals surface area contributed by atoms with Crippen LogP contribution in [0.3, 0.4) is 0 Å². The summed E-state index contributed by atoms with van der Waals surface area (Å²) in [5, 5.41) is 6.92. The van der Waals surface area contributed by atoms with Crippen LogP contribution < -0.4 is 10.6 Å². The topological polar surface area (TPSA) is 39.7 Å². The van der Waals surface area contributed by atoms with E-state index in [1.807, 2.05) is 7.05 Å². The van der Waals surface area contributed by atoms with Gasteiger partial charge in [0.1, 0.15) is 0 Å². The smallest absolute Gasteiger partial charge is 0.191 e. The Morgan fingerprint density at radius 1 is 1.21 bits per heavy atom. The van der Waals surface area contributed by atoms with Gasteiger partial charge in [0.25, 0.3) is 0 Å². The summed E-state index contributed by atoms with van der Waals surface area (Å²) in [7, 11) is 1.86. The van der Waals surface area contributed by atoms with Crippen molar-refractivity contribution in [3.8, 4) is 0 Å². The van der Waals surface area contributed by atoms with Crippen molar-refractivity contribution in [1.29, 1.82) is 0 Å². The lowest BCUT2D eigenvalue weighted by molar-refractivity contribution is 0.300. The van der Waals surface area contributed by atoms with Crippen LogP contribution >= 0.6 is 24.0 Å². The van der Waals surface area contributed by atoms with E-state index in [0.717, 1.165) is 25.6 Å². The molecule has 0 aromatic heterocycles. The van der Waals surface area contributed by atoms with Crippen molar-refractivity contribution in [1.82, 2.24) is 15.5 Å². The molecule has 1 aliphatic carbocycles. The molecule has 1 aliphatic rings. The minimum atomic E-state index is 0. The van der Waals surface area contributed by atoms with Crippen molar-refractivity contribution in [2.45, 2.75) is 52.0 Å². The maximum atomic E-state index is 4.29. The van der Waals surface area contributed by atoms with Gasteiger partial charge in [-0.25, -0.2) is 0 Å². The summed E-state index contributed by atoms with van der Waals surface area (Å²) in [5.41, 5.74) is 0. The van der Waals surface area contributed by atoms with E-state index in [1.165, 1.54) is 38.6 Å². The summed E-state index contributed by atoms with van der Waals surface area (Å²) in [6.45, 7) is 8.90. The Bertz CT molecular complexity index is 236. The lowest BCUT2D eigenvalue weighted by atomic mass is 10.2. The maximum absolute atomic E-state index is 4.29. The van der Waals surface area contributed by atoms with Gasteiger partial charge in [0.2, 0.25) is 0 Å². The van der Waals surface area contributed by atoms with Crippen molar-refractivity contribution in [3.63, 3.8) is 0 Å². The van der Waals surface area contributed by atoms with Gasteiger partial charge in [-0.05, 0) is 38.9 Å². The van der Waals surface area contributed by atoms with Gasteiger partial charge in [-0.15, -0.1) is 24.0 Å². The quantitative estimate of drug-likeness (QED) is 0.308. The van der Waals surface area contributed by atoms with E-state index >= 15 is 0 Å². The minimum Gasteiger partial charge on any atom is -0.356 e. The Morgan fingerprint density at radius 3 is 2.37 bits per heavy atom. The molecule has 114 valence electrons. The molecule has 0 unspecified atom stereocenters. The Hall–Kier alpha value is -0.0400. The molecule has 0 aromatic rings. The van der Waals surface area contributed by atoms with Gasteiger partial charge in [0.05, 0.1) is 0 Å². The zero-order valence-electron chi connectivity index (χ0n) is 12.7. The molecule has 0 aliphatic heterocycles. The molecule has 0 atom stereocenters. The van der Waals surface area contributed by atoms with Crippen molar-refractivity contribution in [2.75, 3.05) is 33.2 Å². The molecule has 0 radical (unpaired) electrons. The monoisotopic (exact) mass is 382 g/mol. The largest absolute Gasteiger partial charge is 0.356 e. The molecular formula is C14H31IN4. The second-order valence-electron chi connectivity index (χ2n) is 5.01. The first-order valence-corrected chi connectivity index (χ1v) is 7.49. The summed E-state index contributed by atoms with van der Waals surface area (Å²) in [4.78, 5) is 6.74. The molecule has 1 saturated carbocycles. The number of hydrogen-bond donors (Lipinski definition) is 2. The minimum absolute atomic E-state index is 0. The second-order valence-corrected chi connectivity index (χ2v) is 5.01.